The molecule has 0 fully saturated rings. The van der Waals surface area contributed by atoms with Crippen molar-refractivity contribution in [2.45, 2.75) is 18.6 Å². The van der Waals surface area contributed by atoms with Gasteiger partial charge in [-0.1, -0.05) is 0 Å². The molecule has 0 aliphatic heterocycles. The molecule has 0 aliphatic rings. The van der Waals surface area contributed by atoms with Crippen molar-refractivity contribution in [2.75, 3.05) is 0 Å². The molecule has 0 spiro atoms. The van der Waals surface area contributed by atoms with Crippen molar-refractivity contribution in [2.24, 2.45) is 0 Å². The number of H-pyrrole nitrogens is 1. The predicted molar refractivity (Wildman–Crippen MR) is 62.4 cm³/mol. The zero-order valence-electron chi connectivity index (χ0n) is 8.89. The van der Waals surface area contributed by atoms with Gasteiger partial charge >= 0.3 is 5.76 Å². The van der Waals surface area contributed by atoms with Crippen LogP contribution in [-0.2, 0) is 4.75 Å². The summed E-state index contributed by atoms with van der Waals surface area (Å²) in [6.45, 7) is 3.91. The van der Waals surface area contributed by atoms with E-state index < -0.39 is 5.76 Å². The Kier molecular flexibility index (Phi) is 2.59. The molecule has 0 saturated carbocycles. The Balaban J connectivity index is 2.48. The molecule has 0 bridgehead atoms. The van der Waals surface area contributed by atoms with Crippen molar-refractivity contribution in [1.82, 2.24) is 15.2 Å². The summed E-state index contributed by atoms with van der Waals surface area (Å²) < 4.78 is 4.54. The molecule has 0 aliphatic carbocycles. The molecule has 0 amide bonds. The second-order valence-electron chi connectivity index (χ2n) is 3.94. The van der Waals surface area contributed by atoms with Crippen LogP contribution in [0, 0.1) is 0 Å². The molecule has 2 aromatic rings. The Morgan fingerprint density at radius 1 is 1.44 bits per heavy atom. The highest BCUT2D eigenvalue weighted by Crippen LogP contribution is 2.28. The molecule has 16 heavy (non-hydrogen) atoms. The topological polar surface area (TPSA) is 71.8 Å². The third-order valence-corrected chi connectivity index (χ3v) is 2.39. The van der Waals surface area contributed by atoms with E-state index in [1.165, 1.54) is 0 Å². The average molecular weight is 237 g/mol. The van der Waals surface area contributed by atoms with Gasteiger partial charge in [-0.2, -0.15) is 12.6 Å². The summed E-state index contributed by atoms with van der Waals surface area (Å²) >= 11 is 4.45. The van der Waals surface area contributed by atoms with Gasteiger partial charge in [0.05, 0.1) is 5.56 Å². The lowest BCUT2D eigenvalue weighted by Gasteiger charge is -2.17. The first-order valence-electron chi connectivity index (χ1n) is 4.70. The molecule has 0 atom stereocenters. The van der Waals surface area contributed by atoms with Gasteiger partial charge in [-0.25, -0.2) is 9.89 Å². The number of rotatable bonds is 2. The van der Waals surface area contributed by atoms with E-state index >= 15 is 0 Å². The van der Waals surface area contributed by atoms with Gasteiger partial charge in [-0.15, -0.1) is 5.10 Å². The molecule has 0 saturated heterocycles. The standard InChI is InChI=1S/C10H11N3O2S/c1-10(2,16)7-3-6(4-11-5-7)8-12-13-9(14)15-8/h3-5,16H,1-2H3,(H,13,14). The number of nitrogens with one attached hydrogen (secondary N) is 1. The van der Waals surface area contributed by atoms with Crippen molar-refractivity contribution in [3.63, 3.8) is 0 Å². The fourth-order valence-corrected chi connectivity index (χ4v) is 1.37. The molecule has 0 radical (unpaired) electrons. The van der Waals surface area contributed by atoms with Gasteiger partial charge in [0.15, 0.2) is 0 Å². The summed E-state index contributed by atoms with van der Waals surface area (Å²) in [6, 6.07) is 1.85. The Morgan fingerprint density at radius 3 is 2.75 bits per heavy atom. The summed E-state index contributed by atoms with van der Waals surface area (Å²) in [5.41, 5.74) is 1.58. The van der Waals surface area contributed by atoms with E-state index in [1.54, 1.807) is 12.4 Å². The van der Waals surface area contributed by atoms with Crippen LogP contribution in [0.25, 0.3) is 11.5 Å². The molecular formula is C10H11N3O2S. The highest BCUT2D eigenvalue weighted by atomic mass is 32.1. The molecule has 2 aromatic heterocycles. The maximum absolute atomic E-state index is 10.8. The minimum Gasteiger partial charge on any atom is -0.388 e. The quantitative estimate of drug-likeness (QED) is 0.778. The first-order chi connectivity index (χ1) is 7.47. The highest BCUT2D eigenvalue weighted by Gasteiger charge is 2.17. The summed E-state index contributed by atoms with van der Waals surface area (Å²) in [5.74, 6) is -0.345. The molecule has 2 heterocycles. The second kappa shape index (κ2) is 3.79. The van der Waals surface area contributed by atoms with Crippen LogP contribution in [0.1, 0.15) is 19.4 Å². The van der Waals surface area contributed by atoms with E-state index in [-0.39, 0.29) is 10.6 Å². The van der Waals surface area contributed by atoms with Gasteiger partial charge in [0, 0.05) is 17.1 Å². The minimum atomic E-state index is -0.578. The van der Waals surface area contributed by atoms with Crippen LogP contribution in [0.15, 0.2) is 27.7 Å². The monoisotopic (exact) mass is 237 g/mol. The van der Waals surface area contributed by atoms with Gasteiger partial charge in [0.1, 0.15) is 0 Å². The number of thiol groups is 1. The molecule has 6 heteroatoms. The molecule has 0 unspecified atom stereocenters. The molecule has 2 rings (SSSR count). The van der Waals surface area contributed by atoms with Crippen molar-refractivity contribution < 1.29 is 4.42 Å². The fraction of sp³-hybridized carbons (Fsp3) is 0.300. The lowest BCUT2D eigenvalue weighted by molar-refractivity contribution is 0.526. The number of hydrogen-bond donors (Lipinski definition) is 2. The average Bonchev–Trinajstić information content (AvgIpc) is 2.64. The maximum atomic E-state index is 10.8. The van der Waals surface area contributed by atoms with Crippen LogP contribution in [0.2, 0.25) is 0 Å². The third kappa shape index (κ3) is 2.16. The Labute approximate surface area is 97.3 Å². The summed E-state index contributed by atoms with van der Waals surface area (Å²) in [6.07, 6.45) is 3.31. The van der Waals surface area contributed by atoms with E-state index in [4.69, 9.17) is 4.42 Å². The van der Waals surface area contributed by atoms with Gasteiger partial charge < -0.3 is 4.42 Å². The van der Waals surface area contributed by atoms with E-state index in [0.717, 1.165) is 5.56 Å². The van der Waals surface area contributed by atoms with Crippen LogP contribution in [0.5, 0.6) is 0 Å². The van der Waals surface area contributed by atoms with Crippen LogP contribution in [-0.4, -0.2) is 15.2 Å². The molecular weight excluding hydrogens is 226 g/mol. The van der Waals surface area contributed by atoms with Gasteiger partial charge in [0.2, 0.25) is 0 Å². The second-order valence-corrected chi connectivity index (χ2v) is 5.06. The Morgan fingerprint density at radius 2 is 2.19 bits per heavy atom. The molecule has 84 valence electrons. The van der Waals surface area contributed by atoms with E-state index in [0.29, 0.717) is 5.56 Å². The summed E-state index contributed by atoms with van der Waals surface area (Å²) in [7, 11) is 0. The molecule has 1 N–H and O–H groups in total. The highest BCUT2D eigenvalue weighted by molar-refractivity contribution is 7.81. The summed E-state index contributed by atoms with van der Waals surface area (Å²) in [5, 5.41) is 5.95. The van der Waals surface area contributed by atoms with E-state index in [9.17, 15) is 4.79 Å². The van der Waals surface area contributed by atoms with Crippen LogP contribution in [0.3, 0.4) is 0 Å². The van der Waals surface area contributed by atoms with Crippen molar-refractivity contribution >= 4 is 12.6 Å². The largest absolute Gasteiger partial charge is 0.434 e. The fourth-order valence-electron chi connectivity index (χ4n) is 1.24. The van der Waals surface area contributed by atoms with Crippen molar-refractivity contribution in [3.8, 4) is 11.5 Å². The SMILES string of the molecule is CC(C)(S)c1cncc(-c2n[nH]c(=O)o2)c1. The third-order valence-electron chi connectivity index (χ3n) is 2.13. The lowest BCUT2D eigenvalue weighted by atomic mass is 10.0. The minimum absolute atomic E-state index is 0.233. The maximum Gasteiger partial charge on any atom is 0.434 e. The van der Waals surface area contributed by atoms with Crippen molar-refractivity contribution in [3.05, 3.63) is 34.6 Å². The van der Waals surface area contributed by atoms with Crippen molar-refractivity contribution in [1.29, 1.82) is 0 Å². The summed E-state index contributed by atoms with van der Waals surface area (Å²) in [4.78, 5) is 14.9. The van der Waals surface area contributed by atoms with Gasteiger partial charge in [-0.3, -0.25) is 4.98 Å². The van der Waals surface area contributed by atoms with Gasteiger partial charge in [-0.05, 0) is 25.5 Å². The normalized spacial score (nSPS) is 11.7. The van der Waals surface area contributed by atoms with Crippen LogP contribution < -0.4 is 5.76 Å². The number of aromatic amines is 1. The Bertz CT molecular complexity index is 553. The lowest BCUT2D eigenvalue weighted by Crippen LogP contribution is -2.08. The first-order valence-corrected chi connectivity index (χ1v) is 5.15. The smallest absolute Gasteiger partial charge is 0.388 e. The predicted octanol–water partition coefficient (Wildman–Crippen LogP) is 1.59. The molecule has 0 aromatic carbocycles. The first kappa shape index (κ1) is 10.9. The number of aromatic nitrogens is 3. The van der Waals surface area contributed by atoms with Crippen LogP contribution in [0.4, 0.5) is 0 Å². The zero-order chi connectivity index (χ0) is 11.8. The van der Waals surface area contributed by atoms with Gasteiger partial charge in [0.25, 0.3) is 5.89 Å². The number of pyridine rings is 1. The van der Waals surface area contributed by atoms with E-state index in [1.807, 2.05) is 19.9 Å². The number of hydrogen-bond acceptors (Lipinski definition) is 5. The van der Waals surface area contributed by atoms with E-state index in [2.05, 4.69) is 27.8 Å². The Hall–Kier alpha value is -1.56. The number of nitrogens with zero attached hydrogens (tertiary/aromatic N) is 2. The zero-order valence-corrected chi connectivity index (χ0v) is 9.78. The van der Waals surface area contributed by atoms with Crippen LogP contribution >= 0.6 is 12.6 Å². The molecule has 5 nitrogen and oxygen atoms in total.